The summed E-state index contributed by atoms with van der Waals surface area (Å²) in [6, 6.07) is 9.61. The predicted molar refractivity (Wildman–Crippen MR) is 59.2 cm³/mol. The lowest BCUT2D eigenvalue weighted by molar-refractivity contribution is 0.140. The Kier molecular flexibility index (Phi) is 4.68. The van der Waals surface area contributed by atoms with Crippen molar-refractivity contribution in [3.05, 3.63) is 41.8 Å². The molecule has 1 aromatic carbocycles. The van der Waals surface area contributed by atoms with E-state index in [-0.39, 0.29) is 6.09 Å². The molecule has 0 atom stereocenters. The van der Waals surface area contributed by atoms with Crippen molar-refractivity contribution in [3.8, 4) is 0 Å². The van der Waals surface area contributed by atoms with Gasteiger partial charge in [0, 0.05) is 6.54 Å². The van der Waals surface area contributed by atoms with Crippen molar-refractivity contribution < 1.29 is 9.53 Å². The van der Waals surface area contributed by atoms with Crippen LogP contribution in [0, 0.1) is 5.92 Å². The summed E-state index contributed by atoms with van der Waals surface area (Å²) < 4.78 is 5.02. The number of carbonyl (C=O) groups is 1. The molecule has 0 unspecified atom stereocenters. The molecule has 0 aliphatic heterocycles. The minimum absolute atomic E-state index is 0.315. The van der Waals surface area contributed by atoms with Crippen molar-refractivity contribution in [2.75, 3.05) is 6.54 Å². The number of alkyl carbamates (subject to hydrolysis) is 1. The van der Waals surface area contributed by atoms with Crippen molar-refractivity contribution in [1.29, 1.82) is 0 Å². The number of amides is 1. The Bertz CT molecular complexity index is 296. The summed E-state index contributed by atoms with van der Waals surface area (Å²) in [6.07, 6.45) is -0.375. The molecule has 1 amide bonds. The van der Waals surface area contributed by atoms with E-state index in [0.29, 0.717) is 13.2 Å². The van der Waals surface area contributed by atoms with Crippen molar-refractivity contribution in [2.45, 2.75) is 20.5 Å². The smallest absolute Gasteiger partial charge is 0.407 e. The summed E-state index contributed by atoms with van der Waals surface area (Å²) in [5.41, 5.74) is 0.991. The number of benzene rings is 1. The van der Waals surface area contributed by atoms with Crippen LogP contribution in [0.3, 0.4) is 0 Å². The largest absolute Gasteiger partial charge is 0.445 e. The maximum Gasteiger partial charge on any atom is 0.407 e. The van der Waals surface area contributed by atoms with E-state index in [1.165, 1.54) is 0 Å². The first-order valence-electron chi connectivity index (χ1n) is 4.92. The molecule has 0 heterocycles. The van der Waals surface area contributed by atoms with Gasteiger partial charge in [-0.25, -0.2) is 4.79 Å². The van der Waals surface area contributed by atoms with E-state index in [9.17, 15) is 4.79 Å². The number of nitrogens with one attached hydrogen (secondary N) is 1. The SMILES string of the molecule is C[C](C)CNC(=O)OCc1ccccc1. The van der Waals surface area contributed by atoms with E-state index in [4.69, 9.17) is 4.74 Å². The second-order valence-electron chi connectivity index (χ2n) is 3.62. The average Bonchev–Trinajstić information content (AvgIpc) is 2.25. The van der Waals surface area contributed by atoms with Crippen molar-refractivity contribution >= 4 is 6.09 Å². The van der Waals surface area contributed by atoms with Gasteiger partial charge in [-0.2, -0.15) is 0 Å². The highest BCUT2D eigenvalue weighted by molar-refractivity contribution is 5.67. The fourth-order valence-corrected chi connectivity index (χ4v) is 1.02. The lowest BCUT2D eigenvalue weighted by Crippen LogP contribution is -2.27. The number of ether oxygens (including phenoxy) is 1. The summed E-state index contributed by atoms with van der Waals surface area (Å²) in [6.45, 7) is 4.79. The van der Waals surface area contributed by atoms with Gasteiger partial charge >= 0.3 is 6.09 Å². The highest BCUT2D eigenvalue weighted by Gasteiger charge is 2.02. The van der Waals surface area contributed by atoms with Crippen LogP contribution in [-0.4, -0.2) is 12.6 Å². The van der Waals surface area contributed by atoms with Gasteiger partial charge in [-0.3, -0.25) is 0 Å². The molecule has 1 radical (unpaired) electrons. The minimum Gasteiger partial charge on any atom is -0.445 e. The van der Waals surface area contributed by atoms with Gasteiger partial charge in [-0.05, 0) is 11.5 Å². The molecule has 0 spiro atoms. The monoisotopic (exact) mass is 206 g/mol. The molecule has 1 aromatic rings. The van der Waals surface area contributed by atoms with Crippen LogP contribution in [-0.2, 0) is 11.3 Å². The van der Waals surface area contributed by atoms with E-state index >= 15 is 0 Å². The third-order valence-electron chi connectivity index (χ3n) is 1.80. The van der Waals surface area contributed by atoms with Gasteiger partial charge in [0.25, 0.3) is 0 Å². The van der Waals surface area contributed by atoms with Gasteiger partial charge in [0.1, 0.15) is 6.61 Å². The Hall–Kier alpha value is -1.51. The summed E-state index contributed by atoms with van der Waals surface area (Å²) >= 11 is 0. The fourth-order valence-electron chi connectivity index (χ4n) is 1.02. The first-order valence-corrected chi connectivity index (χ1v) is 4.92. The lowest BCUT2D eigenvalue weighted by atomic mass is 10.2. The average molecular weight is 206 g/mol. The Morgan fingerprint density at radius 1 is 1.27 bits per heavy atom. The number of rotatable bonds is 4. The third kappa shape index (κ3) is 5.05. The molecule has 0 aromatic heterocycles. The molecule has 3 heteroatoms. The summed E-state index contributed by atoms with van der Waals surface area (Å²) in [7, 11) is 0. The van der Waals surface area contributed by atoms with Gasteiger partial charge in [0.05, 0.1) is 0 Å². The maximum atomic E-state index is 11.2. The number of carbonyl (C=O) groups excluding carboxylic acids is 1. The van der Waals surface area contributed by atoms with Crippen LogP contribution in [0.1, 0.15) is 19.4 Å². The zero-order chi connectivity index (χ0) is 11.1. The van der Waals surface area contributed by atoms with Gasteiger partial charge in [0.2, 0.25) is 0 Å². The highest BCUT2D eigenvalue weighted by Crippen LogP contribution is 2.00. The quantitative estimate of drug-likeness (QED) is 0.822. The first kappa shape index (κ1) is 11.6. The predicted octanol–water partition coefficient (Wildman–Crippen LogP) is 2.53. The Balaban J connectivity index is 2.23. The Morgan fingerprint density at radius 3 is 2.53 bits per heavy atom. The normalized spacial score (nSPS) is 10.1. The van der Waals surface area contributed by atoms with Crippen molar-refractivity contribution in [3.63, 3.8) is 0 Å². The van der Waals surface area contributed by atoms with Crippen LogP contribution < -0.4 is 5.32 Å². The van der Waals surface area contributed by atoms with Crippen molar-refractivity contribution in [2.24, 2.45) is 0 Å². The summed E-state index contributed by atoms with van der Waals surface area (Å²) in [5.74, 6) is 1.15. The van der Waals surface area contributed by atoms with Crippen LogP contribution in [0.25, 0.3) is 0 Å². The Labute approximate surface area is 90.4 Å². The summed E-state index contributed by atoms with van der Waals surface area (Å²) in [4.78, 5) is 11.2. The van der Waals surface area contributed by atoms with E-state index in [1.807, 2.05) is 44.2 Å². The van der Waals surface area contributed by atoms with Crippen LogP contribution >= 0.6 is 0 Å². The molecule has 1 rings (SSSR count). The van der Waals surface area contributed by atoms with E-state index in [2.05, 4.69) is 5.32 Å². The van der Waals surface area contributed by atoms with Crippen molar-refractivity contribution in [1.82, 2.24) is 5.32 Å². The van der Waals surface area contributed by atoms with Gasteiger partial charge < -0.3 is 10.1 Å². The maximum absolute atomic E-state index is 11.2. The fraction of sp³-hybridized carbons (Fsp3) is 0.333. The Morgan fingerprint density at radius 2 is 1.93 bits per heavy atom. The molecular formula is C12H16NO2. The molecule has 0 bridgehead atoms. The molecule has 0 aliphatic rings. The van der Waals surface area contributed by atoms with Gasteiger partial charge in [-0.1, -0.05) is 44.2 Å². The van der Waals surface area contributed by atoms with E-state index < -0.39 is 0 Å². The molecule has 0 saturated heterocycles. The van der Waals surface area contributed by atoms with E-state index in [1.54, 1.807) is 0 Å². The zero-order valence-electron chi connectivity index (χ0n) is 9.12. The molecule has 81 valence electrons. The molecular weight excluding hydrogens is 190 g/mol. The molecule has 1 N–H and O–H groups in total. The van der Waals surface area contributed by atoms with Crippen LogP contribution in [0.15, 0.2) is 30.3 Å². The second-order valence-corrected chi connectivity index (χ2v) is 3.62. The van der Waals surface area contributed by atoms with Gasteiger partial charge in [0.15, 0.2) is 0 Å². The topological polar surface area (TPSA) is 38.3 Å². The summed E-state index contributed by atoms with van der Waals surface area (Å²) in [5, 5.41) is 2.65. The zero-order valence-corrected chi connectivity index (χ0v) is 9.12. The minimum atomic E-state index is -0.375. The lowest BCUT2D eigenvalue weighted by Gasteiger charge is -2.08. The molecule has 0 saturated carbocycles. The van der Waals surface area contributed by atoms with E-state index in [0.717, 1.165) is 11.5 Å². The van der Waals surface area contributed by atoms with Crippen LogP contribution in [0.5, 0.6) is 0 Å². The second kappa shape index (κ2) is 6.06. The highest BCUT2D eigenvalue weighted by atomic mass is 16.5. The number of hydrogen-bond donors (Lipinski definition) is 1. The molecule has 3 nitrogen and oxygen atoms in total. The molecule has 0 aliphatic carbocycles. The first-order chi connectivity index (χ1) is 7.18. The molecule has 15 heavy (non-hydrogen) atoms. The third-order valence-corrected chi connectivity index (χ3v) is 1.80. The van der Waals surface area contributed by atoms with Crippen LogP contribution in [0.2, 0.25) is 0 Å². The number of hydrogen-bond acceptors (Lipinski definition) is 2. The van der Waals surface area contributed by atoms with Gasteiger partial charge in [-0.15, -0.1) is 0 Å². The van der Waals surface area contributed by atoms with Crippen LogP contribution in [0.4, 0.5) is 4.79 Å². The standard InChI is InChI=1S/C12H16NO2/c1-10(2)8-13-12(14)15-9-11-6-4-3-5-7-11/h3-7H,8-9H2,1-2H3,(H,13,14). The molecule has 0 fully saturated rings.